The maximum atomic E-state index is 14.0. The highest BCUT2D eigenvalue weighted by Gasteiger charge is 2.39. The van der Waals surface area contributed by atoms with Crippen molar-refractivity contribution in [1.29, 1.82) is 0 Å². The Morgan fingerprint density at radius 2 is 2.14 bits per heavy atom. The molecule has 0 radical (unpaired) electrons. The molecule has 3 rings (SSSR count). The zero-order valence-corrected chi connectivity index (χ0v) is 13.2. The first-order chi connectivity index (χ1) is 10.6. The molecule has 1 heterocycles. The van der Waals surface area contributed by atoms with Crippen LogP contribution in [-0.2, 0) is 9.59 Å². The Balaban J connectivity index is 1.69. The van der Waals surface area contributed by atoms with Crippen molar-refractivity contribution in [3.8, 4) is 0 Å². The van der Waals surface area contributed by atoms with Gasteiger partial charge in [-0.05, 0) is 25.8 Å². The van der Waals surface area contributed by atoms with Crippen LogP contribution in [0.15, 0.2) is 24.3 Å². The predicted molar refractivity (Wildman–Crippen MR) is 83.7 cm³/mol. The summed E-state index contributed by atoms with van der Waals surface area (Å²) in [6.07, 6.45) is 2.35. The van der Waals surface area contributed by atoms with Gasteiger partial charge in [-0.15, -0.1) is 11.8 Å². The van der Waals surface area contributed by atoms with Gasteiger partial charge in [0.05, 0.1) is 5.25 Å². The molecule has 0 unspecified atom stereocenters. The minimum atomic E-state index is -0.350. The third kappa shape index (κ3) is 3.27. The van der Waals surface area contributed by atoms with Gasteiger partial charge >= 0.3 is 0 Å². The van der Waals surface area contributed by atoms with Crippen LogP contribution >= 0.6 is 11.8 Å². The molecule has 2 fully saturated rings. The monoisotopic (exact) mass is 322 g/mol. The second kappa shape index (κ2) is 6.28. The number of thioether (sulfide) groups is 1. The smallest absolute Gasteiger partial charge is 0.236 e. The van der Waals surface area contributed by atoms with Gasteiger partial charge in [0.15, 0.2) is 0 Å². The number of carbonyl (C=O) groups is 2. The van der Waals surface area contributed by atoms with Crippen LogP contribution in [0, 0.1) is 5.82 Å². The van der Waals surface area contributed by atoms with Gasteiger partial charge in [0.25, 0.3) is 0 Å². The van der Waals surface area contributed by atoms with Crippen LogP contribution in [0.4, 0.5) is 4.39 Å². The minimum Gasteiger partial charge on any atom is -0.353 e. The van der Waals surface area contributed by atoms with Crippen molar-refractivity contribution in [3.05, 3.63) is 35.6 Å². The average molecular weight is 322 g/mol. The summed E-state index contributed by atoms with van der Waals surface area (Å²) in [6.45, 7) is 2.15. The molecule has 6 heteroatoms. The van der Waals surface area contributed by atoms with Crippen molar-refractivity contribution in [2.24, 2.45) is 0 Å². The van der Waals surface area contributed by atoms with E-state index in [1.165, 1.54) is 17.8 Å². The molecule has 1 aliphatic carbocycles. The lowest BCUT2D eigenvalue weighted by molar-refractivity contribution is -0.130. The number of amides is 2. The van der Waals surface area contributed by atoms with Gasteiger partial charge in [-0.3, -0.25) is 9.59 Å². The highest BCUT2D eigenvalue weighted by molar-refractivity contribution is 8.01. The van der Waals surface area contributed by atoms with E-state index < -0.39 is 0 Å². The van der Waals surface area contributed by atoms with Crippen molar-refractivity contribution >= 4 is 23.6 Å². The Hall–Kier alpha value is -1.56. The van der Waals surface area contributed by atoms with E-state index in [1.807, 2.05) is 6.92 Å². The third-order valence-electron chi connectivity index (χ3n) is 3.94. The number of nitrogens with one attached hydrogen (secondary N) is 1. The van der Waals surface area contributed by atoms with Crippen molar-refractivity contribution in [2.75, 3.05) is 6.54 Å². The lowest BCUT2D eigenvalue weighted by Gasteiger charge is -2.24. The van der Waals surface area contributed by atoms with E-state index in [4.69, 9.17) is 0 Å². The van der Waals surface area contributed by atoms with Crippen LogP contribution in [0.3, 0.4) is 0 Å². The number of carbonyl (C=O) groups excluding carboxylic acids is 2. The van der Waals surface area contributed by atoms with Gasteiger partial charge in [0.2, 0.25) is 11.8 Å². The molecular formula is C16H19FN2O2S. The number of nitrogens with zero attached hydrogens (tertiary/aromatic N) is 1. The van der Waals surface area contributed by atoms with E-state index in [9.17, 15) is 14.0 Å². The summed E-state index contributed by atoms with van der Waals surface area (Å²) in [4.78, 5) is 25.7. The van der Waals surface area contributed by atoms with Crippen LogP contribution in [0.25, 0.3) is 0 Å². The predicted octanol–water partition coefficient (Wildman–Crippen LogP) is 2.46. The molecule has 22 heavy (non-hydrogen) atoms. The largest absolute Gasteiger partial charge is 0.353 e. The first-order valence-electron chi connectivity index (χ1n) is 7.56. The standard InChI is InChI=1S/C16H19FN2O2S/c1-10-15(21)19(9-8-14(20)18-11-6-7-11)16(22-10)12-4-2-3-5-13(12)17/h2-5,10-11,16H,6-9H2,1H3,(H,18,20)/t10-,16-/m0/s1. The Bertz CT molecular complexity index is 591. The molecule has 1 aromatic rings. The van der Waals surface area contributed by atoms with Crippen molar-refractivity contribution in [2.45, 2.75) is 42.9 Å². The highest BCUT2D eigenvalue weighted by Crippen LogP contribution is 2.43. The fourth-order valence-corrected chi connectivity index (χ4v) is 3.90. The van der Waals surface area contributed by atoms with E-state index in [0.717, 1.165) is 12.8 Å². The van der Waals surface area contributed by atoms with Crippen molar-refractivity contribution in [1.82, 2.24) is 10.2 Å². The van der Waals surface area contributed by atoms with Gasteiger partial charge in [0, 0.05) is 24.6 Å². The quantitative estimate of drug-likeness (QED) is 0.906. The lowest BCUT2D eigenvalue weighted by Crippen LogP contribution is -2.35. The lowest BCUT2D eigenvalue weighted by atomic mass is 10.2. The van der Waals surface area contributed by atoms with E-state index >= 15 is 0 Å². The highest BCUT2D eigenvalue weighted by atomic mass is 32.2. The molecule has 2 atom stereocenters. The van der Waals surface area contributed by atoms with Gasteiger partial charge in [-0.2, -0.15) is 0 Å². The van der Waals surface area contributed by atoms with Crippen LogP contribution < -0.4 is 5.32 Å². The summed E-state index contributed by atoms with van der Waals surface area (Å²) in [6, 6.07) is 6.83. The Labute approximate surface area is 133 Å². The molecule has 118 valence electrons. The van der Waals surface area contributed by atoms with Crippen LogP contribution in [-0.4, -0.2) is 34.6 Å². The van der Waals surface area contributed by atoms with E-state index in [1.54, 1.807) is 23.1 Å². The molecule has 1 aliphatic heterocycles. The van der Waals surface area contributed by atoms with Crippen molar-refractivity contribution < 1.29 is 14.0 Å². The zero-order chi connectivity index (χ0) is 15.7. The van der Waals surface area contributed by atoms with Gasteiger partial charge < -0.3 is 10.2 Å². The zero-order valence-electron chi connectivity index (χ0n) is 12.4. The topological polar surface area (TPSA) is 49.4 Å². The fourth-order valence-electron chi connectivity index (χ4n) is 2.57. The average Bonchev–Trinajstić information content (AvgIpc) is 3.25. The minimum absolute atomic E-state index is 0.0301. The van der Waals surface area contributed by atoms with E-state index in [0.29, 0.717) is 18.2 Å². The molecule has 1 saturated heterocycles. The molecule has 1 aromatic carbocycles. The van der Waals surface area contributed by atoms with Crippen LogP contribution in [0.1, 0.15) is 37.1 Å². The Morgan fingerprint density at radius 3 is 2.82 bits per heavy atom. The summed E-state index contributed by atoms with van der Waals surface area (Å²) in [5, 5.41) is 2.35. The second-order valence-electron chi connectivity index (χ2n) is 5.78. The number of rotatable bonds is 5. The third-order valence-corrected chi connectivity index (χ3v) is 5.32. The molecule has 2 amide bonds. The van der Waals surface area contributed by atoms with Gasteiger partial charge in [-0.25, -0.2) is 4.39 Å². The summed E-state index contributed by atoms with van der Waals surface area (Å²) >= 11 is 1.43. The number of hydrogen-bond acceptors (Lipinski definition) is 3. The van der Waals surface area contributed by atoms with Gasteiger partial charge in [0.1, 0.15) is 11.2 Å². The molecule has 0 spiro atoms. The van der Waals surface area contributed by atoms with Crippen LogP contribution in [0.2, 0.25) is 0 Å². The second-order valence-corrected chi connectivity index (χ2v) is 7.20. The van der Waals surface area contributed by atoms with Crippen LogP contribution in [0.5, 0.6) is 0 Å². The van der Waals surface area contributed by atoms with E-state index in [2.05, 4.69) is 5.32 Å². The number of benzene rings is 1. The van der Waals surface area contributed by atoms with Gasteiger partial charge in [-0.1, -0.05) is 18.2 Å². The SMILES string of the molecule is C[C@@H]1S[C@@H](c2ccccc2F)N(CCC(=O)NC2CC2)C1=O. The summed E-state index contributed by atoms with van der Waals surface area (Å²) in [5.41, 5.74) is 0.507. The fraction of sp³-hybridized carbons (Fsp3) is 0.500. The molecule has 0 aromatic heterocycles. The number of halogens is 1. The number of hydrogen-bond donors (Lipinski definition) is 1. The molecule has 0 bridgehead atoms. The molecular weight excluding hydrogens is 303 g/mol. The summed E-state index contributed by atoms with van der Waals surface area (Å²) in [7, 11) is 0. The van der Waals surface area contributed by atoms with Crippen molar-refractivity contribution in [3.63, 3.8) is 0 Å². The molecule has 4 nitrogen and oxygen atoms in total. The maximum absolute atomic E-state index is 14.0. The van der Waals surface area contributed by atoms with E-state index in [-0.39, 0.29) is 34.7 Å². The maximum Gasteiger partial charge on any atom is 0.236 e. The first kappa shape index (κ1) is 15.3. The normalized spacial score (nSPS) is 24.6. The molecule has 2 aliphatic rings. The molecule has 1 saturated carbocycles. The Morgan fingerprint density at radius 1 is 1.41 bits per heavy atom. The Kier molecular flexibility index (Phi) is 4.38. The summed E-state index contributed by atoms with van der Waals surface area (Å²) in [5.74, 6) is -0.376. The first-order valence-corrected chi connectivity index (χ1v) is 8.50. The molecule has 1 N–H and O–H groups in total. The summed E-state index contributed by atoms with van der Waals surface area (Å²) < 4.78 is 14.0.